The fraction of sp³-hybridized carbons (Fsp3) is 0.111. The molecule has 0 atom stereocenters. The summed E-state index contributed by atoms with van der Waals surface area (Å²) in [7, 11) is -4.33. The number of halogens is 2. The van der Waals surface area contributed by atoms with Crippen LogP contribution in [0.15, 0.2) is 143 Å². The summed E-state index contributed by atoms with van der Waals surface area (Å²) in [6.45, 7) is 0. The maximum absolute atomic E-state index is 12.1. The van der Waals surface area contributed by atoms with Crippen molar-refractivity contribution in [1.29, 1.82) is 0 Å². The van der Waals surface area contributed by atoms with E-state index in [0.717, 1.165) is 37.7 Å². The van der Waals surface area contributed by atoms with Gasteiger partial charge in [-0.3, -0.25) is 0 Å². The summed E-state index contributed by atoms with van der Waals surface area (Å²) in [5.41, 5.74) is 4.05. The first-order chi connectivity index (χ1) is 30.0. The SMILES string of the molecule is C.CO.COC(=O)c1cc(-c2ccc(-c3cccc(S(C)(=O)=O)c3)s2)n(-c2ccccc2Cl)n1.CS(=O)(=O)c1cccc(-c2ccc(-c3cc(C(=O)O)nn3-c3ccccc3Cl)s2)c1. The van der Waals surface area contributed by atoms with Gasteiger partial charge in [0.2, 0.25) is 0 Å². The summed E-state index contributed by atoms with van der Waals surface area (Å²) in [4.78, 5) is 27.4. The minimum Gasteiger partial charge on any atom is -0.476 e. The van der Waals surface area contributed by atoms with Crippen LogP contribution in [0.25, 0.3) is 53.4 Å². The second-order valence-corrected chi connectivity index (χ2v) is 20.3. The Morgan fingerprint density at radius 1 is 0.578 bits per heavy atom. The zero-order chi connectivity index (χ0) is 45.6. The molecule has 64 heavy (non-hydrogen) atoms. The lowest BCUT2D eigenvalue weighted by atomic mass is 10.2. The Morgan fingerprint density at radius 3 is 1.36 bits per heavy atom. The zero-order valence-electron chi connectivity index (χ0n) is 33.6. The van der Waals surface area contributed by atoms with Crippen LogP contribution in [-0.4, -0.2) is 85.3 Å². The van der Waals surface area contributed by atoms with Gasteiger partial charge >= 0.3 is 11.9 Å². The molecule has 0 aliphatic rings. The van der Waals surface area contributed by atoms with Crippen molar-refractivity contribution in [2.75, 3.05) is 26.7 Å². The number of rotatable bonds is 10. The van der Waals surface area contributed by atoms with Crippen LogP contribution in [0.5, 0.6) is 0 Å². The van der Waals surface area contributed by atoms with Gasteiger partial charge in [-0.15, -0.1) is 22.7 Å². The zero-order valence-corrected chi connectivity index (χ0v) is 38.4. The molecule has 0 aliphatic heterocycles. The van der Waals surface area contributed by atoms with Gasteiger partial charge in [-0.1, -0.05) is 79.2 Å². The number of nitrogens with zero attached hydrogens (tertiary/aromatic N) is 4. The maximum atomic E-state index is 12.1. The van der Waals surface area contributed by atoms with Crippen molar-refractivity contribution in [2.45, 2.75) is 17.2 Å². The van der Waals surface area contributed by atoms with Crippen LogP contribution in [0.3, 0.4) is 0 Å². The van der Waals surface area contributed by atoms with Gasteiger partial charge in [0.15, 0.2) is 31.1 Å². The predicted molar refractivity (Wildman–Crippen MR) is 254 cm³/mol. The van der Waals surface area contributed by atoms with Gasteiger partial charge < -0.3 is 14.9 Å². The van der Waals surface area contributed by atoms with Crippen molar-refractivity contribution in [3.05, 3.63) is 155 Å². The molecule has 8 rings (SSSR count). The fourth-order valence-corrected chi connectivity index (χ4v) is 9.83. The van der Waals surface area contributed by atoms with Crippen LogP contribution in [0.4, 0.5) is 0 Å². The largest absolute Gasteiger partial charge is 0.476 e. The van der Waals surface area contributed by atoms with Crippen LogP contribution in [-0.2, 0) is 24.4 Å². The van der Waals surface area contributed by atoms with E-state index >= 15 is 0 Å². The van der Waals surface area contributed by atoms with Crippen molar-refractivity contribution in [2.24, 2.45) is 0 Å². The molecular formula is C45H40Cl2N4O9S4. The molecule has 8 aromatic rings. The first-order valence-electron chi connectivity index (χ1n) is 18.3. The summed E-state index contributed by atoms with van der Waals surface area (Å²) in [6, 6.07) is 38.4. The van der Waals surface area contributed by atoms with Gasteiger partial charge in [-0.25, -0.2) is 35.8 Å². The van der Waals surface area contributed by atoms with Gasteiger partial charge in [0.05, 0.1) is 59.5 Å². The first kappa shape index (κ1) is 49.1. The molecule has 13 nitrogen and oxygen atoms in total. The lowest BCUT2D eigenvalue weighted by Crippen LogP contribution is -2.04. The molecule has 0 radical (unpaired) electrons. The van der Waals surface area contributed by atoms with Crippen LogP contribution in [0, 0.1) is 0 Å². The van der Waals surface area contributed by atoms with Crippen molar-refractivity contribution in [3.8, 4) is 53.4 Å². The number of ether oxygens (including phenoxy) is 1. The molecule has 0 unspecified atom stereocenters. The monoisotopic (exact) mass is 978 g/mol. The third-order valence-corrected chi connectivity index (χ3v) is 14.2. The number of carbonyl (C=O) groups is 2. The number of carbonyl (C=O) groups excluding carboxylic acids is 1. The van der Waals surface area contributed by atoms with Crippen LogP contribution in [0.1, 0.15) is 28.4 Å². The lowest BCUT2D eigenvalue weighted by molar-refractivity contribution is 0.0592. The number of aromatic nitrogens is 4. The highest BCUT2D eigenvalue weighted by Crippen LogP contribution is 2.39. The average molecular weight is 980 g/mol. The summed E-state index contributed by atoms with van der Waals surface area (Å²) in [5, 5.41) is 25.9. The molecule has 0 aliphatic carbocycles. The molecule has 4 aromatic heterocycles. The van der Waals surface area contributed by atoms with Gasteiger partial charge in [0, 0.05) is 41.5 Å². The number of sulfone groups is 2. The number of aromatic carboxylic acids is 1. The Morgan fingerprint density at radius 2 is 0.969 bits per heavy atom. The van der Waals surface area contributed by atoms with E-state index in [9.17, 15) is 31.5 Å². The van der Waals surface area contributed by atoms with Gasteiger partial charge in [0.25, 0.3) is 0 Å². The highest BCUT2D eigenvalue weighted by molar-refractivity contribution is 7.91. The number of methoxy groups -OCH3 is 1. The summed E-state index contributed by atoms with van der Waals surface area (Å²) < 4.78 is 55.5. The van der Waals surface area contributed by atoms with Crippen LogP contribution in [0.2, 0.25) is 10.0 Å². The number of carboxylic acids is 1. The minimum absolute atomic E-state index is 0. The van der Waals surface area contributed by atoms with Crippen LogP contribution >= 0.6 is 45.9 Å². The van der Waals surface area contributed by atoms with E-state index in [2.05, 4.69) is 10.2 Å². The quantitative estimate of drug-likeness (QED) is 0.124. The van der Waals surface area contributed by atoms with Gasteiger partial charge in [0.1, 0.15) is 0 Å². The predicted octanol–water partition coefficient (Wildman–Crippen LogP) is 10.4. The molecular weight excluding hydrogens is 940 g/mol. The van der Waals surface area contributed by atoms with Gasteiger partial charge in [-0.2, -0.15) is 10.2 Å². The van der Waals surface area contributed by atoms with Gasteiger partial charge in [-0.05, 0) is 83.9 Å². The number of aliphatic hydroxyl groups is 1. The van der Waals surface area contributed by atoms with Crippen molar-refractivity contribution in [1.82, 2.24) is 19.6 Å². The number of hydrogen-bond donors (Lipinski definition) is 2. The Hall–Kier alpha value is -5.92. The second-order valence-electron chi connectivity index (χ2n) is 13.3. The molecule has 0 spiro atoms. The molecule has 4 aromatic carbocycles. The van der Waals surface area contributed by atoms with E-state index in [4.69, 9.17) is 33.0 Å². The molecule has 332 valence electrons. The van der Waals surface area contributed by atoms with E-state index in [1.165, 1.54) is 53.0 Å². The third kappa shape index (κ3) is 11.1. The fourth-order valence-electron chi connectivity index (χ4n) is 6.06. The summed E-state index contributed by atoms with van der Waals surface area (Å²) in [6.07, 6.45) is 2.35. The van der Waals surface area contributed by atoms with Crippen LogP contribution < -0.4 is 0 Å². The van der Waals surface area contributed by atoms with Crippen molar-refractivity contribution >= 4 is 77.5 Å². The highest BCUT2D eigenvalue weighted by Gasteiger charge is 2.22. The van der Waals surface area contributed by atoms with E-state index in [1.807, 2.05) is 54.6 Å². The number of para-hydroxylation sites is 2. The Balaban J connectivity index is 0.000000229. The molecule has 2 N–H and O–H groups in total. The van der Waals surface area contributed by atoms with E-state index < -0.39 is 31.6 Å². The number of esters is 1. The van der Waals surface area contributed by atoms with Crippen molar-refractivity contribution < 1.29 is 41.4 Å². The van der Waals surface area contributed by atoms with Crippen molar-refractivity contribution in [3.63, 3.8) is 0 Å². The molecule has 0 bridgehead atoms. The summed E-state index contributed by atoms with van der Waals surface area (Å²) >= 11 is 15.5. The number of hydrogen-bond acceptors (Lipinski definition) is 12. The van der Waals surface area contributed by atoms with E-state index in [0.29, 0.717) is 32.8 Å². The molecule has 0 saturated carbocycles. The topological polar surface area (TPSA) is 188 Å². The lowest BCUT2D eigenvalue weighted by Gasteiger charge is -2.07. The third-order valence-electron chi connectivity index (χ3n) is 9.00. The number of thiophene rings is 2. The molecule has 0 amide bonds. The number of benzene rings is 4. The normalized spacial score (nSPS) is 11.0. The standard InChI is InChI=1S/C22H17ClN2O4S2.C21H15ClN2O4S2.CH4O.CH4/c1-29-22(26)17-13-19(25(24-17)18-9-4-3-8-16(18)23)21-11-10-20(30-21)14-6-5-7-15(12-14)31(2,27)28;1-30(27,28)14-6-4-5-13(11-14)19-9-10-20(29-19)18-12-16(21(25)26)23-24(18)17-8-3-2-7-15(17)22;1-2;/h3-13H,1-2H3;2-12H,1H3,(H,25,26);2H,1H3;1H4. The number of aliphatic hydroxyl groups excluding tert-OH is 1. The first-order valence-corrected chi connectivity index (χ1v) is 24.5. The van der Waals surface area contributed by atoms with E-state index in [1.54, 1.807) is 77.5 Å². The van der Waals surface area contributed by atoms with E-state index in [-0.39, 0.29) is 28.6 Å². The molecule has 0 fully saturated rings. The Labute approximate surface area is 388 Å². The second kappa shape index (κ2) is 20.7. The highest BCUT2D eigenvalue weighted by atomic mass is 35.5. The molecule has 4 heterocycles. The number of carboxylic acid groups (broad SMARTS) is 1. The average Bonchev–Trinajstić information content (AvgIpc) is 4.11. The Kier molecular flexibility index (Phi) is 15.9. The smallest absolute Gasteiger partial charge is 0.358 e. The summed E-state index contributed by atoms with van der Waals surface area (Å²) in [5.74, 6) is -1.69. The molecule has 0 saturated heterocycles. The maximum Gasteiger partial charge on any atom is 0.358 e. The Bertz CT molecular complexity index is 3190. The molecule has 19 heteroatoms. The minimum atomic E-state index is -3.32.